The zero-order valence-corrected chi connectivity index (χ0v) is 15.5. The van der Waals surface area contributed by atoms with E-state index in [2.05, 4.69) is 4.98 Å². The maximum Gasteiger partial charge on any atom is 0.410 e. The molecule has 0 saturated carbocycles. The standard InChI is InChI=1S/C22H18FN3O3/c23-15-7-5-14(6-8-15)20-11-18(17-3-1-2-4-19(17)24-20)21(27)25-9-10-26-16(12-25)13-29-22(26)28/h1-8,11,16H,9-10,12-13H2/t16-/m0/s1. The van der Waals surface area contributed by atoms with Crippen LogP contribution in [0.4, 0.5) is 9.18 Å². The van der Waals surface area contributed by atoms with Crippen LogP contribution in [0, 0.1) is 5.82 Å². The Kier molecular flexibility index (Phi) is 4.16. The lowest BCUT2D eigenvalue weighted by atomic mass is 10.0. The van der Waals surface area contributed by atoms with Crippen molar-refractivity contribution in [3.05, 3.63) is 66.0 Å². The molecular formula is C22H18FN3O3. The van der Waals surface area contributed by atoms with Gasteiger partial charge in [0.15, 0.2) is 0 Å². The van der Waals surface area contributed by atoms with Gasteiger partial charge >= 0.3 is 6.09 Å². The van der Waals surface area contributed by atoms with Crippen LogP contribution < -0.4 is 0 Å². The van der Waals surface area contributed by atoms with E-state index < -0.39 is 0 Å². The van der Waals surface area contributed by atoms with Crippen molar-refractivity contribution in [2.45, 2.75) is 6.04 Å². The van der Waals surface area contributed by atoms with Crippen molar-refractivity contribution in [1.29, 1.82) is 0 Å². The highest BCUT2D eigenvalue weighted by atomic mass is 19.1. The molecule has 0 aliphatic carbocycles. The number of hydrogen-bond donors (Lipinski definition) is 0. The third-order valence-corrected chi connectivity index (χ3v) is 5.49. The fourth-order valence-corrected chi connectivity index (χ4v) is 3.96. The molecule has 0 bridgehead atoms. The molecule has 0 N–H and O–H groups in total. The number of halogens is 1. The molecule has 146 valence electrons. The second-order valence-corrected chi connectivity index (χ2v) is 7.25. The Labute approximate surface area is 166 Å². The summed E-state index contributed by atoms with van der Waals surface area (Å²) >= 11 is 0. The molecule has 2 fully saturated rings. The SMILES string of the molecule is O=C(c1cc(-c2ccc(F)cc2)nc2ccccc12)N1CCN2C(=O)OC[C@@H]2C1. The molecule has 0 unspecified atom stereocenters. The normalized spacial score (nSPS) is 18.7. The molecule has 3 heterocycles. The molecule has 2 aliphatic heterocycles. The zero-order valence-electron chi connectivity index (χ0n) is 15.5. The fraction of sp³-hybridized carbons (Fsp3) is 0.227. The van der Waals surface area contributed by atoms with Gasteiger partial charge in [-0.15, -0.1) is 0 Å². The van der Waals surface area contributed by atoms with Gasteiger partial charge in [-0.05, 0) is 36.4 Å². The summed E-state index contributed by atoms with van der Waals surface area (Å²) in [7, 11) is 0. The van der Waals surface area contributed by atoms with Crippen molar-refractivity contribution in [3.63, 3.8) is 0 Å². The quantitative estimate of drug-likeness (QED) is 0.672. The Hall–Kier alpha value is -3.48. The number of rotatable bonds is 2. The minimum absolute atomic E-state index is 0.106. The molecule has 3 aromatic rings. The Bertz CT molecular complexity index is 1120. The maximum atomic E-state index is 13.4. The van der Waals surface area contributed by atoms with Crippen molar-refractivity contribution < 1.29 is 18.7 Å². The molecule has 2 aromatic carbocycles. The van der Waals surface area contributed by atoms with Gasteiger partial charge in [-0.1, -0.05) is 18.2 Å². The van der Waals surface area contributed by atoms with Gasteiger partial charge < -0.3 is 9.64 Å². The van der Waals surface area contributed by atoms with Crippen LogP contribution in [0.25, 0.3) is 22.2 Å². The summed E-state index contributed by atoms with van der Waals surface area (Å²) in [4.78, 5) is 33.2. The summed E-state index contributed by atoms with van der Waals surface area (Å²) in [5, 5.41) is 0.768. The van der Waals surface area contributed by atoms with E-state index in [1.807, 2.05) is 24.3 Å². The van der Waals surface area contributed by atoms with Gasteiger partial charge in [0, 0.05) is 30.6 Å². The van der Waals surface area contributed by atoms with Gasteiger partial charge in [0.25, 0.3) is 5.91 Å². The number of para-hydroxylation sites is 1. The summed E-state index contributed by atoms with van der Waals surface area (Å²) < 4.78 is 18.4. The number of piperazine rings is 1. The number of hydrogen-bond acceptors (Lipinski definition) is 4. The average Bonchev–Trinajstić information content (AvgIpc) is 3.13. The number of nitrogens with zero attached hydrogens (tertiary/aromatic N) is 3. The zero-order chi connectivity index (χ0) is 20.0. The second-order valence-electron chi connectivity index (χ2n) is 7.25. The highest BCUT2D eigenvalue weighted by Crippen LogP contribution is 2.27. The van der Waals surface area contributed by atoms with Gasteiger partial charge in [-0.25, -0.2) is 14.2 Å². The van der Waals surface area contributed by atoms with Crippen molar-refractivity contribution >= 4 is 22.9 Å². The molecule has 1 aromatic heterocycles. The molecule has 7 heteroatoms. The van der Waals surface area contributed by atoms with E-state index in [0.717, 1.165) is 10.9 Å². The van der Waals surface area contributed by atoms with E-state index >= 15 is 0 Å². The number of fused-ring (bicyclic) bond motifs is 2. The van der Waals surface area contributed by atoms with E-state index in [1.54, 1.807) is 28.0 Å². The van der Waals surface area contributed by atoms with Crippen molar-refractivity contribution in [3.8, 4) is 11.3 Å². The summed E-state index contributed by atoms with van der Waals surface area (Å²) in [6.45, 7) is 1.66. The average molecular weight is 391 g/mol. The molecule has 2 aliphatic rings. The highest BCUT2D eigenvalue weighted by molar-refractivity contribution is 6.07. The van der Waals surface area contributed by atoms with Crippen LogP contribution in [0.2, 0.25) is 0 Å². The van der Waals surface area contributed by atoms with Crippen LogP contribution in [-0.2, 0) is 4.74 Å². The third-order valence-electron chi connectivity index (χ3n) is 5.49. The molecule has 5 rings (SSSR count). The fourth-order valence-electron chi connectivity index (χ4n) is 3.96. The topological polar surface area (TPSA) is 62.7 Å². The molecule has 1 atom stereocenters. The van der Waals surface area contributed by atoms with Crippen LogP contribution >= 0.6 is 0 Å². The summed E-state index contributed by atoms with van der Waals surface area (Å²) in [6, 6.07) is 15.2. The minimum atomic E-state index is -0.322. The molecular weight excluding hydrogens is 373 g/mol. The lowest BCUT2D eigenvalue weighted by molar-refractivity contribution is 0.0619. The van der Waals surface area contributed by atoms with Gasteiger partial charge in [-0.2, -0.15) is 0 Å². The Morgan fingerprint density at radius 3 is 2.72 bits per heavy atom. The molecule has 0 spiro atoms. The first-order valence-corrected chi connectivity index (χ1v) is 9.48. The Morgan fingerprint density at radius 1 is 1.10 bits per heavy atom. The molecule has 6 nitrogen and oxygen atoms in total. The number of benzene rings is 2. The van der Waals surface area contributed by atoms with Crippen LogP contribution in [0.5, 0.6) is 0 Å². The predicted octanol–water partition coefficient (Wildman–Crippen LogP) is 3.32. The largest absolute Gasteiger partial charge is 0.447 e. The summed E-state index contributed by atoms with van der Waals surface area (Å²) in [5.74, 6) is -0.428. The van der Waals surface area contributed by atoms with Crippen LogP contribution in [-0.4, -0.2) is 59.1 Å². The summed E-state index contributed by atoms with van der Waals surface area (Å²) in [5.41, 5.74) is 2.61. The monoisotopic (exact) mass is 391 g/mol. The molecule has 29 heavy (non-hydrogen) atoms. The van der Waals surface area contributed by atoms with Gasteiger partial charge in [0.05, 0.1) is 22.8 Å². The summed E-state index contributed by atoms with van der Waals surface area (Å²) in [6.07, 6.45) is -0.310. The molecule has 0 radical (unpaired) electrons. The molecule has 2 saturated heterocycles. The third kappa shape index (κ3) is 3.08. The predicted molar refractivity (Wildman–Crippen MR) is 105 cm³/mol. The molecule has 2 amide bonds. The number of amides is 2. The first-order chi connectivity index (χ1) is 14.1. The number of pyridine rings is 1. The van der Waals surface area contributed by atoms with Gasteiger partial charge in [-0.3, -0.25) is 9.69 Å². The first kappa shape index (κ1) is 17.6. The lowest BCUT2D eigenvalue weighted by Crippen LogP contribution is -2.53. The number of carbonyl (C=O) groups excluding carboxylic acids is 2. The Morgan fingerprint density at radius 2 is 1.90 bits per heavy atom. The lowest BCUT2D eigenvalue weighted by Gasteiger charge is -2.35. The van der Waals surface area contributed by atoms with E-state index in [0.29, 0.717) is 43.0 Å². The minimum Gasteiger partial charge on any atom is -0.447 e. The number of carbonyl (C=O) groups is 2. The van der Waals surface area contributed by atoms with Gasteiger partial charge in [0.2, 0.25) is 0 Å². The number of cyclic esters (lactones) is 1. The number of ether oxygens (including phenoxy) is 1. The van der Waals surface area contributed by atoms with Gasteiger partial charge in [0.1, 0.15) is 12.4 Å². The van der Waals surface area contributed by atoms with Crippen LogP contribution in [0.3, 0.4) is 0 Å². The van der Waals surface area contributed by atoms with Crippen LogP contribution in [0.1, 0.15) is 10.4 Å². The van der Waals surface area contributed by atoms with E-state index in [1.165, 1.54) is 12.1 Å². The Balaban J connectivity index is 1.54. The second kappa shape index (κ2) is 6.84. The van der Waals surface area contributed by atoms with Crippen molar-refractivity contribution in [2.24, 2.45) is 0 Å². The first-order valence-electron chi connectivity index (χ1n) is 9.48. The van der Waals surface area contributed by atoms with E-state index in [4.69, 9.17) is 4.74 Å². The highest BCUT2D eigenvalue weighted by Gasteiger charge is 2.39. The van der Waals surface area contributed by atoms with Crippen molar-refractivity contribution in [2.75, 3.05) is 26.2 Å². The maximum absolute atomic E-state index is 13.4. The van der Waals surface area contributed by atoms with Crippen molar-refractivity contribution in [1.82, 2.24) is 14.8 Å². The van der Waals surface area contributed by atoms with E-state index in [9.17, 15) is 14.0 Å². The van der Waals surface area contributed by atoms with E-state index in [-0.39, 0.29) is 23.9 Å². The smallest absolute Gasteiger partial charge is 0.410 e. The van der Waals surface area contributed by atoms with Crippen LogP contribution in [0.15, 0.2) is 54.6 Å². The number of aromatic nitrogens is 1.